The van der Waals surface area contributed by atoms with E-state index in [0.717, 1.165) is 31.6 Å². The Morgan fingerprint density at radius 3 is 2.67 bits per heavy atom. The molecule has 1 saturated heterocycles. The van der Waals surface area contributed by atoms with E-state index in [9.17, 15) is 4.79 Å². The van der Waals surface area contributed by atoms with Crippen molar-refractivity contribution < 1.29 is 9.32 Å². The summed E-state index contributed by atoms with van der Waals surface area (Å²) >= 11 is 0. The second kappa shape index (κ2) is 6.58. The quantitative estimate of drug-likeness (QED) is 0.866. The minimum Gasteiger partial charge on any atom is -0.338 e. The number of hydrogen-bond donors (Lipinski definition) is 2. The largest absolute Gasteiger partial charge is 0.338 e. The van der Waals surface area contributed by atoms with Crippen LogP contribution in [0.15, 0.2) is 10.6 Å². The summed E-state index contributed by atoms with van der Waals surface area (Å²) in [7, 11) is 2.00. The number of anilines is 1. The van der Waals surface area contributed by atoms with Crippen LogP contribution >= 0.6 is 0 Å². The van der Waals surface area contributed by atoms with Crippen LogP contribution in [-0.4, -0.2) is 48.2 Å². The lowest BCUT2D eigenvalue weighted by Crippen LogP contribution is -2.51. The number of amides is 1. The highest BCUT2D eigenvalue weighted by molar-refractivity contribution is 5.90. The van der Waals surface area contributed by atoms with Gasteiger partial charge in [-0.25, -0.2) is 0 Å². The third-order valence-corrected chi connectivity index (χ3v) is 4.31. The number of likely N-dealkylation sites (tertiary alicyclic amines) is 1. The van der Waals surface area contributed by atoms with Gasteiger partial charge in [-0.05, 0) is 32.7 Å². The predicted octanol–water partition coefficient (Wildman–Crippen LogP) is 1.81. The van der Waals surface area contributed by atoms with Crippen LogP contribution in [0.3, 0.4) is 0 Å². The fraction of sp³-hybridized carbons (Fsp3) is 0.733. The van der Waals surface area contributed by atoms with Crippen LogP contribution in [0.4, 0.5) is 5.88 Å². The lowest BCUT2D eigenvalue weighted by atomic mass is 9.90. The molecule has 2 heterocycles. The maximum atomic E-state index is 12.0. The Labute approximate surface area is 126 Å². The predicted molar refractivity (Wildman–Crippen MR) is 82.4 cm³/mol. The van der Waals surface area contributed by atoms with E-state index in [2.05, 4.69) is 27.6 Å². The molecule has 0 atom stereocenters. The number of rotatable bonds is 5. The Morgan fingerprint density at radius 1 is 1.48 bits per heavy atom. The van der Waals surface area contributed by atoms with Gasteiger partial charge in [0.1, 0.15) is 0 Å². The van der Waals surface area contributed by atoms with Gasteiger partial charge in [-0.3, -0.25) is 15.0 Å². The van der Waals surface area contributed by atoms with Crippen molar-refractivity contribution in [3.05, 3.63) is 11.8 Å². The molecule has 1 amide bonds. The van der Waals surface area contributed by atoms with Crippen LogP contribution in [0.1, 0.15) is 45.2 Å². The Balaban J connectivity index is 1.80. The molecule has 21 heavy (non-hydrogen) atoms. The molecule has 0 saturated carbocycles. The van der Waals surface area contributed by atoms with Crippen LogP contribution in [0.2, 0.25) is 0 Å². The van der Waals surface area contributed by atoms with E-state index in [-0.39, 0.29) is 11.4 Å². The second-order valence-electron chi connectivity index (χ2n) is 6.41. The van der Waals surface area contributed by atoms with Crippen molar-refractivity contribution >= 4 is 11.8 Å². The van der Waals surface area contributed by atoms with Gasteiger partial charge in [0.05, 0.1) is 12.2 Å². The molecule has 1 aliphatic heterocycles. The van der Waals surface area contributed by atoms with Crippen LogP contribution < -0.4 is 10.6 Å². The Hall–Kier alpha value is -1.40. The average molecular weight is 294 g/mol. The van der Waals surface area contributed by atoms with E-state index >= 15 is 0 Å². The molecular weight excluding hydrogens is 268 g/mol. The third-order valence-electron chi connectivity index (χ3n) is 4.31. The van der Waals surface area contributed by atoms with Crippen molar-refractivity contribution in [1.29, 1.82) is 0 Å². The van der Waals surface area contributed by atoms with Gasteiger partial charge >= 0.3 is 0 Å². The fourth-order valence-corrected chi connectivity index (χ4v) is 2.45. The second-order valence-corrected chi connectivity index (χ2v) is 6.41. The van der Waals surface area contributed by atoms with Gasteiger partial charge in [-0.15, -0.1) is 0 Å². The molecule has 1 fully saturated rings. The summed E-state index contributed by atoms with van der Waals surface area (Å²) in [5.41, 5.74) is 1.05. The minimum atomic E-state index is -0.0467. The highest BCUT2D eigenvalue weighted by Gasteiger charge is 2.28. The van der Waals surface area contributed by atoms with Crippen LogP contribution in [0, 0.1) is 0 Å². The van der Waals surface area contributed by atoms with E-state index in [4.69, 9.17) is 4.52 Å². The average Bonchev–Trinajstić information content (AvgIpc) is 2.90. The van der Waals surface area contributed by atoms with Gasteiger partial charge in [-0.1, -0.05) is 19.0 Å². The highest BCUT2D eigenvalue weighted by Crippen LogP contribution is 2.21. The zero-order valence-electron chi connectivity index (χ0n) is 13.4. The summed E-state index contributed by atoms with van der Waals surface area (Å²) in [5.74, 6) is 0.677. The first kappa shape index (κ1) is 16.0. The van der Waals surface area contributed by atoms with Crippen LogP contribution in [0.5, 0.6) is 0 Å². The smallest absolute Gasteiger partial charge is 0.240 e. The zero-order chi connectivity index (χ0) is 15.5. The maximum absolute atomic E-state index is 12.0. The molecule has 0 radical (unpaired) electrons. The van der Waals surface area contributed by atoms with E-state index in [1.165, 1.54) is 0 Å². The van der Waals surface area contributed by atoms with Crippen LogP contribution in [0.25, 0.3) is 0 Å². The summed E-state index contributed by atoms with van der Waals surface area (Å²) in [6, 6.07) is 1.79. The van der Waals surface area contributed by atoms with E-state index in [1.54, 1.807) is 6.07 Å². The number of piperidine rings is 1. The van der Waals surface area contributed by atoms with E-state index < -0.39 is 0 Å². The van der Waals surface area contributed by atoms with Crippen molar-refractivity contribution in [2.45, 2.75) is 45.1 Å². The molecule has 0 aromatic carbocycles. The van der Waals surface area contributed by atoms with E-state index in [1.807, 2.05) is 20.9 Å². The third kappa shape index (κ3) is 4.28. The lowest BCUT2D eigenvalue weighted by molar-refractivity contribution is -0.117. The summed E-state index contributed by atoms with van der Waals surface area (Å²) in [6.07, 6.45) is 2.10. The molecule has 6 nitrogen and oxygen atoms in total. The van der Waals surface area contributed by atoms with Gasteiger partial charge in [0.25, 0.3) is 0 Å². The van der Waals surface area contributed by atoms with Gasteiger partial charge in [0.2, 0.25) is 11.8 Å². The van der Waals surface area contributed by atoms with Crippen molar-refractivity contribution in [3.8, 4) is 0 Å². The van der Waals surface area contributed by atoms with Gasteiger partial charge in [0, 0.05) is 24.7 Å². The summed E-state index contributed by atoms with van der Waals surface area (Å²) < 4.78 is 5.13. The highest BCUT2D eigenvalue weighted by atomic mass is 16.5. The summed E-state index contributed by atoms with van der Waals surface area (Å²) in [4.78, 5) is 14.2. The van der Waals surface area contributed by atoms with Gasteiger partial charge < -0.3 is 9.84 Å². The molecule has 0 spiro atoms. The first-order chi connectivity index (χ1) is 9.92. The number of aromatic nitrogens is 1. The molecule has 0 bridgehead atoms. The minimum absolute atomic E-state index is 0.0467. The molecule has 6 heteroatoms. The van der Waals surface area contributed by atoms with Crippen molar-refractivity contribution in [2.24, 2.45) is 0 Å². The van der Waals surface area contributed by atoms with Gasteiger partial charge in [-0.2, -0.15) is 0 Å². The Morgan fingerprint density at radius 2 is 2.14 bits per heavy atom. The molecule has 2 N–H and O–H groups in total. The van der Waals surface area contributed by atoms with Gasteiger partial charge in [0.15, 0.2) is 0 Å². The first-order valence-corrected chi connectivity index (χ1v) is 7.59. The van der Waals surface area contributed by atoms with E-state index in [0.29, 0.717) is 18.3 Å². The molecule has 1 aliphatic rings. The number of nitrogens with zero attached hydrogens (tertiary/aromatic N) is 2. The SMILES string of the molecule is CNC1(C)CCN(CC(=O)Nc2cc(C(C)C)no2)CC1. The maximum Gasteiger partial charge on any atom is 0.240 e. The molecule has 0 aliphatic carbocycles. The van der Waals surface area contributed by atoms with Crippen molar-refractivity contribution in [1.82, 2.24) is 15.4 Å². The number of carbonyl (C=O) groups excluding carboxylic acids is 1. The Kier molecular flexibility index (Phi) is 5.00. The molecule has 118 valence electrons. The number of hydrogen-bond acceptors (Lipinski definition) is 5. The van der Waals surface area contributed by atoms with Crippen molar-refractivity contribution in [2.75, 3.05) is 32.0 Å². The number of nitrogens with one attached hydrogen (secondary N) is 2. The molecule has 1 aromatic heterocycles. The topological polar surface area (TPSA) is 70.4 Å². The fourth-order valence-electron chi connectivity index (χ4n) is 2.45. The monoisotopic (exact) mass is 294 g/mol. The first-order valence-electron chi connectivity index (χ1n) is 7.59. The zero-order valence-corrected chi connectivity index (χ0v) is 13.4. The molecule has 0 unspecified atom stereocenters. The standard InChI is InChI=1S/C15H26N4O2/c1-11(2)12-9-14(21-18-12)17-13(20)10-19-7-5-15(3,16-4)6-8-19/h9,11,16H,5-8,10H2,1-4H3,(H,17,20). The molecular formula is C15H26N4O2. The van der Waals surface area contributed by atoms with Crippen molar-refractivity contribution in [3.63, 3.8) is 0 Å². The van der Waals surface area contributed by atoms with Crippen LogP contribution in [-0.2, 0) is 4.79 Å². The summed E-state index contributed by atoms with van der Waals surface area (Å²) in [6.45, 7) is 8.56. The summed E-state index contributed by atoms with van der Waals surface area (Å²) in [5, 5.41) is 10.1. The molecule has 2 rings (SSSR count). The Bertz CT molecular complexity index is 476. The normalized spacial score (nSPS) is 18.9. The number of carbonyl (C=O) groups is 1. The molecule has 1 aromatic rings. The lowest BCUT2D eigenvalue weighted by Gasteiger charge is -2.38.